The monoisotopic (exact) mass is 1340 g/mol. The number of rotatable bonds is 30. The molecule has 0 radical (unpaired) electrons. The lowest BCUT2D eigenvalue weighted by Gasteiger charge is -2.32. The quantitative estimate of drug-likeness (QED) is 0.0145. The zero-order chi connectivity index (χ0) is 70.9. The molecule has 0 heterocycles. The lowest BCUT2D eigenvalue weighted by Crippen LogP contribution is -2.54. The molecule has 4 aromatic carbocycles. The number of hydrogen-bond acceptors (Lipinski definition) is 17. The van der Waals surface area contributed by atoms with E-state index >= 15 is 0 Å². The van der Waals surface area contributed by atoms with Crippen molar-refractivity contribution in [2.45, 2.75) is 156 Å². The fourth-order valence-electron chi connectivity index (χ4n) is 8.51. The minimum atomic E-state index is -2.66. The average molecular weight is 1340 g/mol. The molecule has 1 aliphatic carbocycles. The van der Waals surface area contributed by atoms with Crippen molar-refractivity contribution in [2.24, 2.45) is 0 Å². The minimum Gasteiger partial charge on any atom is -0.463 e. The third-order valence-corrected chi connectivity index (χ3v) is 22.5. The van der Waals surface area contributed by atoms with Gasteiger partial charge in [-0.05, 0) is 139 Å². The molecule has 0 saturated heterocycles. The van der Waals surface area contributed by atoms with Gasteiger partial charge in [0.25, 0.3) is 0 Å². The summed E-state index contributed by atoms with van der Waals surface area (Å²) in [5, 5.41) is 31.3. The fourth-order valence-corrected chi connectivity index (χ4v) is 13.4. The molecule has 0 amide bonds. The summed E-state index contributed by atoms with van der Waals surface area (Å²) < 4.78 is 52.4. The van der Waals surface area contributed by atoms with Gasteiger partial charge in [-0.15, -0.1) is 0 Å². The van der Waals surface area contributed by atoms with Crippen LogP contribution in [0.5, 0.6) is 0 Å². The summed E-state index contributed by atoms with van der Waals surface area (Å²) in [4.78, 5) is 44.0. The van der Waals surface area contributed by atoms with Crippen LogP contribution in [0.4, 0.5) is 0 Å². The van der Waals surface area contributed by atoms with Gasteiger partial charge in [0.1, 0.15) is 12.8 Å². The Kier molecular flexibility index (Phi) is 41.8. The van der Waals surface area contributed by atoms with Crippen LogP contribution in [0.1, 0.15) is 139 Å². The Labute approximate surface area is 559 Å². The van der Waals surface area contributed by atoms with Crippen LogP contribution in [-0.2, 0) is 94.5 Å². The highest BCUT2D eigenvalue weighted by Crippen LogP contribution is 2.37. The fraction of sp³-hybridized carbons (Fsp3) is 0.452. The van der Waals surface area contributed by atoms with E-state index in [4.69, 9.17) is 45.5 Å². The molecule has 3 N–H and O–H groups in total. The summed E-state index contributed by atoms with van der Waals surface area (Å²) in [6.07, 6.45) is 13.3. The number of benzene rings is 4. The second-order valence-electron chi connectivity index (χ2n) is 23.3. The third kappa shape index (κ3) is 34.5. The van der Waals surface area contributed by atoms with Gasteiger partial charge in [-0.25, -0.2) is 19.2 Å². The van der Waals surface area contributed by atoms with Gasteiger partial charge in [-0.1, -0.05) is 175 Å². The van der Waals surface area contributed by atoms with Crippen molar-refractivity contribution in [3.63, 3.8) is 0 Å². The molecule has 1 aliphatic rings. The van der Waals surface area contributed by atoms with Gasteiger partial charge in [-0.2, -0.15) is 0 Å². The van der Waals surface area contributed by atoms with Crippen LogP contribution in [0, 0.1) is 0 Å². The van der Waals surface area contributed by atoms with Crippen molar-refractivity contribution in [1.82, 2.24) is 0 Å². The maximum Gasteiger partial charge on any atom is 0.536 e. The summed E-state index contributed by atoms with van der Waals surface area (Å²) in [5.74, 6) is -1.52. The van der Waals surface area contributed by atoms with E-state index in [1.807, 2.05) is 124 Å². The average Bonchev–Trinajstić information content (AvgIpc) is 0.933. The van der Waals surface area contributed by atoms with E-state index in [0.29, 0.717) is 50.4 Å². The van der Waals surface area contributed by atoms with Gasteiger partial charge in [0.05, 0.1) is 30.0 Å². The summed E-state index contributed by atoms with van der Waals surface area (Å²) in [6, 6.07) is 31.9. The van der Waals surface area contributed by atoms with Gasteiger partial charge in [0, 0.05) is 76.6 Å². The first-order chi connectivity index (χ1) is 43.7. The van der Waals surface area contributed by atoms with E-state index in [0.717, 1.165) is 88.4 Å². The highest BCUT2D eigenvalue weighted by Gasteiger charge is 2.40. The molecule has 1 fully saturated rings. The smallest absolute Gasteiger partial charge is 0.463 e. The Morgan fingerprint density at radius 2 is 1.02 bits per heavy atom. The molecule has 1 saturated carbocycles. The van der Waals surface area contributed by atoms with E-state index in [2.05, 4.69) is 52.6 Å². The first-order valence-corrected chi connectivity index (χ1v) is 38.6. The highest BCUT2D eigenvalue weighted by atomic mass is 28.4. The van der Waals surface area contributed by atoms with E-state index in [-0.39, 0.29) is 24.8 Å². The lowest BCUT2D eigenvalue weighted by molar-refractivity contribution is -0.140. The molecular formula is C73H110O17Si3. The first-order valence-electron chi connectivity index (χ1n) is 31.3. The third-order valence-electron chi connectivity index (χ3n) is 14.7. The predicted molar refractivity (Wildman–Crippen MR) is 380 cm³/mol. The van der Waals surface area contributed by atoms with Crippen molar-refractivity contribution in [2.75, 3.05) is 61.1 Å². The Balaban J connectivity index is 0.00000110. The number of carbonyl (C=O) groups excluding carboxylic acids is 4. The molecule has 4 aromatic rings. The van der Waals surface area contributed by atoms with Crippen molar-refractivity contribution in [1.29, 1.82) is 0 Å². The lowest BCUT2D eigenvalue weighted by atomic mass is 9.79. The maximum atomic E-state index is 11.3. The molecule has 1 unspecified atom stereocenters. The Morgan fingerprint density at radius 3 is 1.43 bits per heavy atom. The van der Waals surface area contributed by atoms with Gasteiger partial charge in [0.2, 0.25) is 0 Å². The van der Waals surface area contributed by atoms with Gasteiger partial charge in [0.15, 0.2) is 8.32 Å². The van der Waals surface area contributed by atoms with Gasteiger partial charge in [-0.3, -0.25) is 0 Å². The van der Waals surface area contributed by atoms with Crippen molar-refractivity contribution in [3.05, 3.63) is 199 Å². The molecule has 17 nitrogen and oxygen atoms in total. The van der Waals surface area contributed by atoms with E-state index in [9.17, 15) is 34.5 Å². The van der Waals surface area contributed by atoms with E-state index in [1.165, 1.54) is 12.5 Å². The van der Waals surface area contributed by atoms with Crippen molar-refractivity contribution < 1.29 is 80.0 Å². The molecule has 0 aromatic heterocycles. The van der Waals surface area contributed by atoms with Gasteiger partial charge >= 0.3 is 41.2 Å². The number of aliphatic hydroxyl groups is 3. The summed E-state index contributed by atoms with van der Waals surface area (Å²) in [5.41, 5.74) is 5.49. The van der Waals surface area contributed by atoms with Crippen LogP contribution < -0.4 is 5.19 Å². The number of esters is 4. The molecule has 5 rings (SSSR count). The van der Waals surface area contributed by atoms with Crippen LogP contribution in [0.15, 0.2) is 160 Å². The summed E-state index contributed by atoms with van der Waals surface area (Å²) in [6.45, 7) is 43.7. The zero-order valence-corrected chi connectivity index (χ0v) is 61.5. The molecule has 20 heteroatoms. The van der Waals surface area contributed by atoms with E-state index in [1.54, 1.807) is 75.2 Å². The van der Waals surface area contributed by atoms with Crippen molar-refractivity contribution in [3.8, 4) is 0 Å². The standard InChI is InChI=1S/C17H22O3.C15H20O3.C11H16O3Si.C11H14O.C10H20O4Si.C9H18O3Si/c1-13(2)16(18)20-12-14-6-8-15(9-7-14)17(19)10-4-3-5-11-17;1-4-14(16)18-11-10-12-6-8-13(9-7-12)15(3,17)5-2;1-5-10-6-8-11(9-7-10)15(12-2,13-3)14-4;1-4-9-5-7-10(8-6-9)11(2,3)12;1-6-13-15(5,14-7-2)8-12-10(11)9(3)4;1-5-9(10)12-7-6-8-13(3,4)11-2/h6-9,19H,1,3-5,10-12H2,2H3;4,6-9,17H,1,5,10-11H2,2-3H3;5-9H,1H2,2-4H3;4-8,12H,1H2,2-3H3;3,6-8H2,1-2,4-5H3;5H,1,6-8H2,2-4H3. The molecular weight excluding hydrogens is 1230 g/mol. The van der Waals surface area contributed by atoms with Crippen LogP contribution in [0.25, 0.3) is 12.2 Å². The van der Waals surface area contributed by atoms with Crippen LogP contribution in [-0.4, -0.2) is 126 Å². The molecule has 0 spiro atoms. The topological polar surface area (TPSA) is 221 Å². The Morgan fingerprint density at radius 1 is 0.581 bits per heavy atom. The predicted octanol–water partition coefficient (Wildman–Crippen LogP) is 13.8. The molecule has 0 bridgehead atoms. The molecule has 516 valence electrons. The Hall–Kier alpha value is -6.51. The van der Waals surface area contributed by atoms with Gasteiger partial charge < -0.3 is 60.8 Å². The molecule has 0 aliphatic heterocycles. The zero-order valence-electron chi connectivity index (χ0n) is 58.5. The highest BCUT2D eigenvalue weighted by molar-refractivity contribution is 6.75. The van der Waals surface area contributed by atoms with Crippen LogP contribution in [0.2, 0.25) is 25.7 Å². The van der Waals surface area contributed by atoms with E-state index < -0.39 is 54.4 Å². The summed E-state index contributed by atoms with van der Waals surface area (Å²) >= 11 is 0. The first kappa shape index (κ1) is 86.5. The Bertz CT molecular complexity index is 2850. The largest absolute Gasteiger partial charge is 0.536 e. The summed E-state index contributed by atoms with van der Waals surface area (Å²) in [7, 11) is 0.0493. The van der Waals surface area contributed by atoms with Crippen molar-refractivity contribution >= 4 is 66.9 Å². The maximum absolute atomic E-state index is 11.3. The second kappa shape index (κ2) is 45.0. The number of ether oxygens (including phenoxy) is 4. The second-order valence-corrected chi connectivity index (χ2v) is 33.7. The van der Waals surface area contributed by atoms with Crippen LogP contribution in [0.3, 0.4) is 0 Å². The molecule has 1 atom stereocenters. The SMILES string of the molecule is C=C(C)C(=O)OC[Si](C)(OCC)OCC.C=C(C)C(=O)OCc1ccc(C2(O)CCCCC2)cc1.C=CC(=O)OCCC[Si](C)(C)OC.C=CC(=O)OCCc1ccc(C(C)(O)CC)cc1.C=Cc1ccc(C(C)(C)O)cc1.C=Cc1ccc([Si](OC)(OC)OC)cc1. The number of hydrogen-bond donors (Lipinski definition) is 3. The number of carbonyl (C=O) groups is 4. The molecule has 93 heavy (non-hydrogen) atoms. The normalized spacial score (nSPS) is 13.1. The minimum absolute atomic E-state index is 0.209. The van der Waals surface area contributed by atoms with Crippen LogP contribution >= 0.6 is 0 Å².